The van der Waals surface area contributed by atoms with E-state index in [0.29, 0.717) is 6.42 Å². The van der Waals surface area contributed by atoms with Crippen LogP contribution in [0.25, 0.3) is 5.69 Å². The Morgan fingerprint density at radius 2 is 2.06 bits per heavy atom. The van der Waals surface area contributed by atoms with Gasteiger partial charge in [-0.1, -0.05) is 25.1 Å². The molecule has 0 fully saturated rings. The molecule has 0 saturated heterocycles. The van der Waals surface area contributed by atoms with Gasteiger partial charge in [-0.3, -0.25) is 0 Å². The van der Waals surface area contributed by atoms with E-state index in [2.05, 4.69) is 10.1 Å². The molecule has 5 nitrogen and oxygen atoms in total. The molecule has 2 rings (SSSR count). The van der Waals surface area contributed by atoms with Gasteiger partial charge in [0.25, 0.3) is 0 Å². The number of nitrogens with zero attached hydrogens (tertiary/aromatic N) is 3. The topological polar surface area (TPSA) is 60.2 Å². The van der Waals surface area contributed by atoms with Gasteiger partial charge in [0, 0.05) is 0 Å². The Kier molecular flexibility index (Phi) is 3.62. The van der Waals surface area contributed by atoms with Gasteiger partial charge in [-0.2, -0.15) is 4.98 Å². The van der Waals surface area contributed by atoms with Crippen molar-refractivity contribution in [2.45, 2.75) is 25.9 Å². The predicted molar refractivity (Wildman–Crippen MR) is 67.8 cm³/mol. The van der Waals surface area contributed by atoms with Crippen molar-refractivity contribution in [1.82, 2.24) is 14.8 Å². The molecular formula is C13H17N3O2. The highest BCUT2D eigenvalue weighted by Crippen LogP contribution is 2.12. The maximum absolute atomic E-state index is 9.82. The molecule has 0 saturated carbocycles. The first-order chi connectivity index (χ1) is 8.61. The molecule has 0 aliphatic heterocycles. The van der Waals surface area contributed by atoms with E-state index < -0.39 is 5.60 Å². The highest BCUT2D eigenvalue weighted by atomic mass is 16.5. The third kappa shape index (κ3) is 3.07. The molecule has 0 spiro atoms. The lowest BCUT2D eigenvalue weighted by atomic mass is 10.1. The Bertz CT molecular complexity index is 494. The van der Waals surface area contributed by atoms with E-state index in [1.165, 1.54) is 0 Å². The van der Waals surface area contributed by atoms with Crippen LogP contribution >= 0.6 is 0 Å². The van der Waals surface area contributed by atoms with Crippen LogP contribution < -0.4 is 4.74 Å². The molecule has 1 unspecified atom stereocenters. The van der Waals surface area contributed by atoms with Crippen molar-refractivity contribution in [3.8, 4) is 11.7 Å². The van der Waals surface area contributed by atoms with E-state index in [1.54, 1.807) is 17.9 Å². The summed E-state index contributed by atoms with van der Waals surface area (Å²) in [5.41, 5.74) is 0.0696. The average Bonchev–Trinajstić information content (AvgIpc) is 2.86. The fourth-order valence-corrected chi connectivity index (χ4v) is 1.34. The molecular weight excluding hydrogens is 230 g/mol. The Labute approximate surface area is 106 Å². The van der Waals surface area contributed by atoms with Gasteiger partial charge >= 0.3 is 6.01 Å². The van der Waals surface area contributed by atoms with Crippen LogP contribution in [0, 0.1) is 0 Å². The van der Waals surface area contributed by atoms with Crippen LogP contribution in [0.5, 0.6) is 6.01 Å². The first-order valence-corrected chi connectivity index (χ1v) is 5.93. The zero-order chi connectivity index (χ0) is 13.0. The summed E-state index contributed by atoms with van der Waals surface area (Å²) >= 11 is 0. The second-order valence-electron chi connectivity index (χ2n) is 4.45. The van der Waals surface area contributed by atoms with Crippen LogP contribution in [0.4, 0.5) is 0 Å². The summed E-state index contributed by atoms with van der Waals surface area (Å²) in [5, 5.41) is 14.0. The van der Waals surface area contributed by atoms with Gasteiger partial charge in [0.1, 0.15) is 12.9 Å². The first-order valence-electron chi connectivity index (χ1n) is 5.93. The van der Waals surface area contributed by atoms with Crippen LogP contribution in [0.1, 0.15) is 20.3 Å². The summed E-state index contributed by atoms with van der Waals surface area (Å²) in [5.74, 6) is 0. The van der Waals surface area contributed by atoms with Gasteiger partial charge in [0.05, 0.1) is 11.3 Å². The van der Waals surface area contributed by atoms with Gasteiger partial charge in [-0.15, -0.1) is 5.10 Å². The second-order valence-corrected chi connectivity index (χ2v) is 4.45. The van der Waals surface area contributed by atoms with Crippen molar-refractivity contribution in [2.24, 2.45) is 0 Å². The highest BCUT2D eigenvalue weighted by Gasteiger charge is 2.19. The number of aromatic nitrogens is 3. The Morgan fingerprint density at radius 1 is 1.33 bits per heavy atom. The lowest BCUT2D eigenvalue weighted by molar-refractivity contribution is 0.00546. The van der Waals surface area contributed by atoms with E-state index in [-0.39, 0.29) is 12.6 Å². The molecule has 0 radical (unpaired) electrons. The molecule has 0 bridgehead atoms. The van der Waals surface area contributed by atoms with E-state index >= 15 is 0 Å². The smallest absolute Gasteiger partial charge is 0.335 e. The number of aliphatic hydroxyl groups is 1. The number of rotatable bonds is 5. The predicted octanol–water partition coefficient (Wildman–Crippen LogP) is 1.81. The molecule has 2 aromatic rings. The lowest BCUT2D eigenvalue weighted by Crippen LogP contribution is -2.31. The molecule has 5 heteroatoms. The third-order valence-electron chi connectivity index (χ3n) is 2.77. The van der Waals surface area contributed by atoms with Crippen LogP contribution in [0.3, 0.4) is 0 Å². The fraction of sp³-hybridized carbons (Fsp3) is 0.385. The van der Waals surface area contributed by atoms with Crippen LogP contribution in [-0.4, -0.2) is 32.1 Å². The normalized spacial score (nSPS) is 14.2. The molecule has 18 heavy (non-hydrogen) atoms. The number of para-hydroxylation sites is 1. The molecule has 1 atom stereocenters. The van der Waals surface area contributed by atoms with E-state index in [1.807, 2.05) is 37.3 Å². The minimum absolute atomic E-state index is 0.183. The molecule has 1 aromatic heterocycles. The molecule has 0 aliphatic rings. The number of hydrogen-bond donors (Lipinski definition) is 1. The Balaban J connectivity index is 2.03. The quantitative estimate of drug-likeness (QED) is 0.875. The standard InChI is InChI=1S/C13H17N3O2/c1-3-13(2,17)9-18-12-14-10-16(15-12)11-7-5-4-6-8-11/h4-8,10,17H,3,9H2,1-2H3. The van der Waals surface area contributed by atoms with Crippen molar-refractivity contribution in [3.63, 3.8) is 0 Å². The summed E-state index contributed by atoms with van der Waals surface area (Å²) < 4.78 is 7.01. The average molecular weight is 247 g/mol. The van der Waals surface area contributed by atoms with Crippen molar-refractivity contribution >= 4 is 0 Å². The molecule has 96 valence electrons. The van der Waals surface area contributed by atoms with Crippen molar-refractivity contribution in [3.05, 3.63) is 36.7 Å². The number of hydrogen-bond acceptors (Lipinski definition) is 4. The van der Waals surface area contributed by atoms with E-state index in [0.717, 1.165) is 5.69 Å². The third-order valence-corrected chi connectivity index (χ3v) is 2.77. The highest BCUT2D eigenvalue weighted by molar-refractivity contribution is 5.29. The van der Waals surface area contributed by atoms with Crippen molar-refractivity contribution in [1.29, 1.82) is 0 Å². The molecule has 0 aliphatic carbocycles. The van der Waals surface area contributed by atoms with Crippen LogP contribution in [0.15, 0.2) is 36.7 Å². The monoisotopic (exact) mass is 247 g/mol. The van der Waals surface area contributed by atoms with Gasteiger partial charge in [-0.05, 0) is 25.5 Å². The minimum Gasteiger partial charge on any atom is -0.459 e. The van der Waals surface area contributed by atoms with E-state index in [9.17, 15) is 5.11 Å². The maximum Gasteiger partial charge on any atom is 0.335 e. The Morgan fingerprint density at radius 3 is 2.72 bits per heavy atom. The summed E-state index contributed by atoms with van der Waals surface area (Å²) in [6, 6.07) is 9.93. The van der Waals surface area contributed by atoms with Gasteiger partial charge in [0.15, 0.2) is 0 Å². The molecule has 1 aromatic carbocycles. The summed E-state index contributed by atoms with van der Waals surface area (Å²) in [6.45, 7) is 3.81. The molecule has 0 amide bonds. The van der Waals surface area contributed by atoms with Crippen LogP contribution in [-0.2, 0) is 0 Å². The SMILES string of the molecule is CCC(C)(O)COc1ncn(-c2ccccc2)n1. The van der Waals surface area contributed by atoms with E-state index in [4.69, 9.17) is 4.74 Å². The second kappa shape index (κ2) is 5.18. The first kappa shape index (κ1) is 12.6. The Hall–Kier alpha value is -1.88. The zero-order valence-electron chi connectivity index (χ0n) is 10.6. The lowest BCUT2D eigenvalue weighted by Gasteiger charge is -2.19. The van der Waals surface area contributed by atoms with Crippen LogP contribution in [0.2, 0.25) is 0 Å². The fourth-order valence-electron chi connectivity index (χ4n) is 1.34. The summed E-state index contributed by atoms with van der Waals surface area (Å²) in [6.07, 6.45) is 2.21. The largest absolute Gasteiger partial charge is 0.459 e. The minimum atomic E-state index is -0.849. The summed E-state index contributed by atoms with van der Waals surface area (Å²) in [7, 11) is 0. The van der Waals surface area contributed by atoms with Crippen molar-refractivity contribution in [2.75, 3.05) is 6.61 Å². The van der Waals surface area contributed by atoms with Gasteiger partial charge < -0.3 is 9.84 Å². The maximum atomic E-state index is 9.82. The summed E-state index contributed by atoms with van der Waals surface area (Å²) in [4.78, 5) is 4.05. The molecule has 1 heterocycles. The molecule has 1 N–H and O–H groups in total. The number of benzene rings is 1. The van der Waals surface area contributed by atoms with Crippen molar-refractivity contribution < 1.29 is 9.84 Å². The number of ether oxygens (including phenoxy) is 1. The zero-order valence-corrected chi connectivity index (χ0v) is 10.6. The van der Waals surface area contributed by atoms with Gasteiger partial charge in [-0.25, -0.2) is 4.68 Å². The van der Waals surface area contributed by atoms with Gasteiger partial charge in [0.2, 0.25) is 0 Å².